The Morgan fingerprint density at radius 1 is 1.40 bits per heavy atom. The standard InChI is InChI=1S/C12H19NOS/c1-4-5-6-9-14-11-7-8-13-12(15-3)10(11)2/h7-8H,4-6,9H2,1-3H3. The van der Waals surface area contributed by atoms with Gasteiger partial charge in [-0.1, -0.05) is 19.8 Å². The molecule has 0 fully saturated rings. The maximum Gasteiger partial charge on any atom is 0.126 e. The fourth-order valence-corrected chi connectivity index (χ4v) is 1.97. The molecule has 84 valence electrons. The highest BCUT2D eigenvalue weighted by atomic mass is 32.2. The van der Waals surface area contributed by atoms with Crippen LogP contribution in [0.2, 0.25) is 0 Å². The first kappa shape index (κ1) is 12.4. The Morgan fingerprint density at radius 3 is 2.87 bits per heavy atom. The second-order valence-corrected chi connectivity index (χ2v) is 4.29. The second kappa shape index (κ2) is 6.72. The van der Waals surface area contributed by atoms with E-state index in [2.05, 4.69) is 18.8 Å². The summed E-state index contributed by atoms with van der Waals surface area (Å²) in [5.41, 5.74) is 1.15. The van der Waals surface area contributed by atoms with Crippen molar-refractivity contribution < 1.29 is 4.74 Å². The molecule has 0 saturated carbocycles. The van der Waals surface area contributed by atoms with Gasteiger partial charge in [-0.2, -0.15) is 0 Å². The number of thioether (sulfide) groups is 1. The van der Waals surface area contributed by atoms with Crippen LogP contribution in [-0.2, 0) is 0 Å². The number of hydrogen-bond acceptors (Lipinski definition) is 3. The number of aromatic nitrogens is 1. The maximum atomic E-state index is 5.73. The summed E-state index contributed by atoms with van der Waals surface area (Å²) in [6.45, 7) is 5.07. The quantitative estimate of drug-likeness (QED) is 0.544. The molecule has 1 rings (SSSR count). The zero-order valence-corrected chi connectivity index (χ0v) is 10.6. The minimum atomic E-state index is 0.812. The van der Waals surface area contributed by atoms with Gasteiger partial charge in [0.2, 0.25) is 0 Å². The van der Waals surface area contributed by atoms with Gasteiger partial charge in [0, 0.05) is 11.8 Å². The normalized spacial score (nSPS) is 10.3. The number of pyridine rings is 1. The first-order chi connectivity index (χ1) is 7.29. The average Bonchev–Trinajstić information content (AvgIpc) is 2.26. The van der Waals surface area contributed by atoms with E-state index in [1.165, 1.54) is 12.8 Å². The minimum absolute atomic E-state index is 0.812. The van der Waals surface area contributed by atoms with Gasteiger partial charge in [-0.05, 0) is 25.7 Å². The van der Waals surface area contributed by atoms with Crippen LogP contribution in [0.1, 0.15) is 31.7 Å². The van der Waals surface area contributed by atoms with Gasteiger partial charge < -0.3 is 4.74 Å². The monoisotopic (exact) mass is 225 g/mol. The molecule has 0 spiro atoms. The largest absolute Gasteiger partial charge is 0.493 e. The highest BCUT2D eigenvalue weighted by molar-refractivity contribution is 7.98. The van der Waals surface area contributed by atoms with E-state index in [1.54, 1.807) is 11.8 Å². The lowest BCUT2D eigenvalue weighted by molar-refractivity contribution is 0.303. The van der Waals surface area contributed by atoms with Crippen molar-refractivity contribution in [1.29, 1.82) is 0 Å². The number of rotatable bonds is 6. The van der Waals surface area contributed by atoms with Gasteiger partial charge in [0.05, 0.1) is 6.61 Å². The Balaban J connectivity index is 2.53. The van der Waals surface area contributed by atoms with Crippen LogP contribution in [0.25, 0.3) is 0 Å². The highest BCUT2D eigenvalue weighted by Gasteiger charge is 2.04. The number of ether oxygens (including phenoxy) is 1. The van der Waals surface area contributed by atoms with E-state index in [0.717, 1.165) is 29.4 Å². The van der Waals surface area contributed by atoms with Gasteiger partial charge in [0.15, 0.2) is 0 Å². The fourth-order valence-electron chi connectivity index (χ4n) is 1.40. The summed E-state index contributed by atoms with van der Waals surface area (Å²) < 4.78 is 5.73. The van der Waals surface area contributed by atoms with Crippen molar-refractivity contribution in [2.75, 3.05) is 12.9 Å². The topological polar surface area (TPSA) is 22.1 Å². The van der Waals surface area contributed by atoms with Crippen LogP contribution >= 0.6 is 11.8 Å². The van der Waals surface area contributed by atoms with Crippen LogP contribution in [0.4, 0.5) is 0 Å². The van der Waals surface area contributed by atoms with E-state index in [4.69, 9.17) is 4.74 Å². The van der Waals surface area contributed by atoms with Crippen LogP contribution in [0.5, 0.6) is 5.75 Å². The Morgan fingerprint density at radius 2 is 2.20 bits per heavy atom. The smallest absolute Gasteiger partial charge is 0.126 e. The van der Waals surface area contributed by atoms with Crippen molar-refractivity contribution in [3.63, 3.8) is 0 Å². The molecule has 1 aromatic heterocycles. The molecule has 15 heavy (non-hydrogen) atoms. The second-order valence-electron chi connectivity index (χ2n) is 3.50. The predicted octanol–water partition coefficient (Wildman–Crippen LogP) is 3.68. The van der Waals surface area contributed by atoms with Gasteiger partial charge >= 0.3 is 0 Å². The summed E-state index contributed by atoms with van der Waals surface area (Å²) in [4.78, 5) is 4.28. The third kappa shape index (κ3) is 3.74. The molecule has 0 unspecified atom stereocenters. The Kier molecular flexibility index (Phi) is 5.54. The molecule has 0 atom stereocenters. The van der Waals surface area contributed by atoms with E-state index >= 15 is 0 Å². The van der Waals surface area contributed by atoms with Crippen LogP contribution in [0, 0.1) is 6.92 Å². The first-order valence-electron chi connectivity index (χ1n) is 5.42. The van der Waals surface area contributed by atoms with Crippen molar-refractivity contribution in [1.82, 2.24) is 4.98 Å². The van der Waals surface area contributed by atoms with Crippen molar-refractivity contribution in [3.05, 3.63) is 17.8 Å². The van der Waals surface area contributed by atoms with Crippen molar-refractivity contribution in [3.8, 4) is 5.75 Å². The van der Waals surface area contributed by atoms with Crippen LogP contribution in [0.3, 0.4) is 0 Å². The first-order valence-corrected chi connectivity index (χ1v) is 6.64. The molecule has 0 amide bonds. The molecule has 0 aliphatic heterocycles. The van der Waals surface area contributed by atoms with Crippen LogP contribution in [-0.4, -0.2) is 17.8 Å². The molecular weight excluding hydrogens is 206 g/mol. The molecule has 3 heteroatoms. The summed E-state index contributed by atoms with van der Waals surface area (Å²) >= 11 is 1.66. The van der Waals surface area contributed by atoms with E-state index < -0.39 is 0 Å². The molecule has 0 aromatic carbocycles. The van der Waals surface area contributed by atoms with Gasteiger partial charge in [-0.15, -0.1) is 11.8 Å². The molecule has 2 nitrogen and oxygen atoms in total. The Bertz CT molecular complexity index is 302. The highest BCUT2D eigenvalue weighted by Crippen LogP contribution is 2.25. The molecular formula is C12H19NOS. The summed E-state index contributed by atoms with van der Waals surface area (Å²) in [5, 5.41) is 1.06. The number of nitrogens with zero attached hydrogens (tertiary/aromatic N) is 1. The lowest BCUT2D eigenvalue weighted by Gasteiger charge is -2.10. The van der Waals surface area contributed by atoms with Gasteiger partial charge in [-0.25, -0.2) is 4.98 Å². The Hall–Kier alpha value is -0.700. The predicted molar refractivity (Wildman–Crippen MR) is 65.8 cm³/mol. The summed E-state index contributed by atoms with van der Waals surface area (Å²) in [5.74, 6) is 0.977. The van der Waals surface area contributed by atoms with Crippen LogP contribution < -0.4 is 4.74 Å². The van der Waals surface area contributed by atoms with Crippen molar-refractivity contribution in [2.45, 2.75) is 38.1 Å². The fraction of sp³-hybridized carbons (Fsp3) is 0.583. The van der Waals surface area contributed by atoms with E-state index in [9.17, 15) is 0 Å². The third-order valence-corrected chi connectivity index (χ3v) is 3.11. The summed E-state index contributed by atoms with van der Waals surface area (Å²) in [6, 6.07) is 1.95. The maximum absolute atomic E-state index is 5.73. The molecule has 0 aliphatic rings. The van der Waals surface area contributed by atoms with Gasteiger partial charge in [-0.3, -0.25) is 0 Å². The molecule has 1 heterocycles. The molecule has 0 radical (unpaired) electrons. The van der Waals surface area contributed by atoms with Crippen molar-refractivity contribution in [2.24, 2.45) is 0 Å². The zero-order chi connectivity index (χ0) is 11.1. The lowest BCUT2D eigenvalue weighted by atomic mass is 10.2. The molecule has 0 saturated heterocycles. The minimum Gasteiger partial charge on any atom is -0.493 e. The molecule has 1 aromatic rings. The Labute approximate surface area is 96.4 Å². The molecule has 0 aliphatic carbocycles. The van der Waals surface area contributed by atoms with Crippen molar-refractivity contribution >= 4 is 11.8 Å². The third-order valence-electron chi connectivity index (χ3n) is 2.31. The lowest BCUT2D eigenvalue weighted by Crippen LogP contribution is -1.99. The van der Waals surface area contributed by atoms with E-state index in [0.29, 0.717) is 0 Å². The average molecular weight is 225 g/mol. The van der Waals surface area contributed by atoms with E-state index in [1.807, 2.05) is 18.5 Å². The number of hydrogen-bond donors (Lipinski definition) is 0. The van der Waals surface area contributed by atoms with E-state index in [-0.39, 0.29) is 0 Å². The molecule has 0 bridgehead atoms. The summed E-state index contributed by atoms with van der Waals surface area (Å²) in [7, 11) is 0. The SMILES string of the molecule is CCCCCOc1ccnc(SC)c1C. The van der Waals surface area contributed by atoms with Gasteiger partial charge in [0.1, 0.15) is 10.8 Å². The number of unbranched alkanes of at least 4 members (excludes halogenated alkanes) is 2. The molecule has 0 N–H and O–H groups in total. The zero-order valence-electron chi connectivity index (χ0n) is 9.75. The van der Waals surface area contributed by atoms with Gasteiger partial charge in [0.25, 0.3) is 0 Å². The summed E-state index contributed by atoms with van der Waals surface area (Å²) in [6.07, 6.45) is 7.45. The van der Waals surface area contributed by atoms with Crippen LogP contribution in [0.15, 0.2) is 17.3 Å².